The van der Waals surface area contributed by atoms with Gasteiger partial charge in [-0.2, -0.15) is 0 Å². The van der Waals surface area contributed by atoms with Gasteiger partial charge >= 0.3 is 0 Å². The number of anilines is 2. The van der Waals surface area contributed by atoms with Crippen LogP contribution in [0.25, 0.3) is 0 Å². The molecule has 0 spiro atoms. The Morgan fingerprint density at radius 1 is 1.35 bits per heavy atom. The van der Waals surface area contributed by atoms with Gasteiger partial charge in [-0.1, -0.05) is 13.0 Å². The Bertz CT molecular complexity index is 348. The highest BCUT2D eigenvalue weighted by Crippen LogP contribution is 2.24. The maximum atomic E-state index is 5.87. The molecule has 1 aliphatic heterocycles. The topological polar surface area (TPSA) is 38.5 Å². The van der Waals surface area contributed by atoms with E-state index >= 15 is 0 Å². The van der Waals surface area contributed by atoms with Gasteiger partial charge in [0.25, 0.3) is 0 Å². The second-order valence-electron chi connectivity index (χ2n) is 4.63. The molecule has 1 heterocycles. The van der Waals surface area contributed by atoms with E-state index in [1.165, 1.54) is 5.69 Å². The minimum absolute atomic E-state index is 0.602. The van der Waals surface area contributed by atoms with E-state index < -0.39 is 0 Å². The molecule has 0 bridgehead atoms. The molecule has 2 rings (SSSR count). The number of hydrogen-bond donors (Lipinski definition) is 1. The lowest BCUT2D eigenvalue weighted by atomic mass is 10.1. The second kappa shape index (κ2) is 5.92. The molecule has 1 saturated heterocycles. The quantitative estimate of drug-likeness (QED) is 0.814. The fourth-order valence-corrected chi connectivity index (χ4v) is 2.46. The molecule has 3 nitrogen and oxygen atoms in total. The molecule has 1 fully saturated rings. The summed E-state index contributed by atoms with van der Waals surface area (Å²) < 4.78 is 5.44. The van der Waals surface area contributed by atoms with E-state index in [0.29, 0.717) is 6.04 Å². The molecule has 0 atom stereocenters. The number of ether oxygens (including phenoxy) is 1. The first kappa shape index (κ1) is 12.2. The number of nitrogens with two attached hydrogens (primary N) is 1. The zero-order valence-corrected chi connectivity index (χ0v) is 10.6. The lowest BCUT2D eigenvalue weighted by molar-refractivity contribution is 0.0844. The normalized spacial score (nSPS) is 17.0. The minimum Gasteiger partial charge on any atom is -0.399 e. The lowest BCUT2D eigenvalue weighted by Crippen LogP contribution is -2.40. The molecule has 0 unspecified atom stereocenters. The van der Waals surface area contributed by atoms with E-state index in [9.17, 15) is 0 Å². The average molecular weight is 234 g/mol. The molecule has 17 heavy (non-hydrogen) atoms. The highest BCUT2D eigenvalue weighted by molar-refractivity contribution is 5.56. The summed E-state index contributed by atoms with van der Waals surface area (Å²) >= 11 is 0. The fourth-order valence-electron chi connectivity index (χ4n) is 2.46. The molecule has 0 aromatic heterocycles. The van der Waals surface area contributed by atoms with E-state index in [0.717, 1.165) is 44.7 Å². The summed E-state index contributed by atoms with van der Waals surface area (Å²) in [6, 6.07) is 8.81. The van der Waals surface area contributed by atoms with Crippen LogP contribution in [0, 0.1) is 0 Å². The van der Waals surface area contributed by atoms with E-state index in [1.807, 2.05) is 12.1 Å². The molecule has 94 valence electrons. The van der Waals surface area contributed by atoms with E-state index in [1.54, 1.807) is 0 Å². The van der Waals surface area contributed by atoms with Crippen molar-refractivity contribution in [1.29, 1.82) is 0 Å². The number of benzene rings is 1. The number of nitrogen functional groups attached to an aromatic ring is 1. The Labute approximate surface area is 104 Å². The SMILES string of the molecule is CCCN(c1cccc(N)c1)C1CCOCC1. The van der Waals surface area contributed by atoms with Crippen LogP contribution in [0.4, 0.5) is 11.4 Å². The predicted molar refractivity (Wildman–Crippen MR) is 72.3 cm³/mol. The second-order valence-corrected chi connectivity index (χ2v) is 4.63. The molecule has 0 aliphatic carbocycles. The fraction of sp³-hybridized carbons (Fsp3) is 0.571. The first-order chi connectivity index (χ1) is 8.31. The van der Waals surface area contributed by atoms with E-state index in [-0.39, 0.29) is 0 Å². The molecular weight excluding hydrogens is 212 g/mol. The summed E-state index contributed by atoms with van der Waals surface area (Å²) in [5.41, 5.74) is 7.96. The number of rotatable bonds is 4. The zero-order chi connectivity index (χ0) is 12.1. The molecule has 0 radical (unpaired) electrons. The third kappa shape index (κ3) is 3.13. The van der Waals surface area contributed by atoms with Gasteiger partial charge in [-0.3, -0.25) is 0 Å². The largest absolute Gasteiger partial charge is 0.399 e. The number of hydrogen-bond acceptors (Lipinski definition) is 3. The molecular formula is C14H22N2O. The van der Waals surface area contributed by atoms with Crippen molar-refractivity contribution in [2.75, 3.05) is 30.4 Å². The van der Waals surface area contributed by atoms with Gasteiger partial charge in [0.1, 0.15) is 0 Å². The summed E-state index contributed by atoms with van der Waals surface area (Å²) in [7, 11) is 0. The molecule has 3 heteroatoms. The predicted octanol–water partition coefficient (Wildman–Crippen LogP) is 2.66. The van der Waals surface area contributed by atoms with Crippen LogP contribution in [-0.2, 0) is 4.74 Å². The van der Waals surface area contributed by atoms with Crippen molar-refractivity contribution < 1.29 is 4.74 Å². The standard InChI is InChI=1S/C14H22N2O/c1-2-8-16(13-6-9-17-10-7-13)14-5-3-4-12(15)11-14/h3-5,11,13H,2,6-10,15H2,1H3. The lowest BCUT2D eigenvalue weighted by Gasteiger charge is -2.36. The van der Waals surface area contributed by atoms with Gasteiger partial charge in [0, 0.05) is 37.2 Å². The van der Waals surface area contributed by atoms with Gasteiger partial charge in [0.15, 0.2) is 0 Å². The summed E-state index contributed by atoms with van der Waals surface area (Å²) in [5.74, 6) is 0. The van der Waals surface area contributed by atoms with Crippen LogP contribution < -0.4 is 10.6 Å². The van der Waals surface area contributed by atoms with E-state index in [2.05, 4.69) is 24.0 Å². The van der Waals surface area contributed by atoms with E-state index in [4.69, 9.17) is 10.5 Å². The van der Waals surface area contributed by atoms with Gasteiger partial charge in [0.05, 0.1) is 0 Å². The average Bonchev–Trinajstić information content (AvgIpc) is 2.37. The highest BCUT2D eigenvalue weighted by atomic mass is 16.5. The molecule has 0 saturated carbocycles. The summed E-state index contributed by atoms with van der Waals surface area (Å²) in [6.07, 6.45) is 3.40. The van der Waals surface area contributed by atoms with Crippen LogP contribution in [0.15, 0.2) is 24.3 Å². The third-order valence-corrected chi connectivity index (χ3v) is 3.30. The molecule has 0 amide bonds. The van der Waals surface area contributed by atoms with Gasteiger partial charge in [-0.25, -0.2) is 0 Å². The Morgan fingerprint density at radius 3 is 2.76 bits per heavy atom. The van der Waals surface area contributed by atoms with Crippen molar-refractivity contribution in [3.8, 4) is 0 Å². The van der Waals surface area contributed by atoms with Gasteiger partial charge in [0.2, 0.25) is 0 Å². The summed E-state index contributed by atoms with van der Waals surface area (Å²) in [5, 5.41) is 0. The van der Waals surface area contributed by atoms with Crippen LogP contribution >= 0.6 is 0 Å². The first-order valence-electron chi connectivity index (χ1n) is 6.51. The minimum atomic E-state index is 0.602. The Hall–Kier alpha value is -1.22. The maximum Gasteiger partial charge on any atom is 0.0485 e. The van der Waals surface area contributed by atoms with Crippen LogP contribution in [0.5, 0.6) is 0 Å². The summed E-state index contributed by atoms with van der Waals surface area (Å²) in [6.45, 7) is 5.08. The molecule has 1 aromatic rings. The van der Waals surface area contributed by atoms with Crippen molar-refractivity contribution in [2.45, 2.75) is 32.2 Å². The van der Waals surface area contributed by atoms with Gasteiger partial charge in [-0.05, 0) is 37.5 Å². The Kier molecular flexibility index (Phi) is 4.26. The molecule has 2 N–H and O–H groups in total. The van der Waals surface area contributed by atoms with Crippen molar-refractivity contribution in [2.24, 2.45) is 0 Å². The van der Waals surface area contributed by atoms with Crippen molar-refractivity contribution in [3.63, 3.8) is 0 Å². The first-order valence-corrected chi connectivity index (χ1v) is 6.51. The molecule has 1 aliphatic rings. The smallest absolute Gasteiger partial charge is 0.0485 e. The van der Waals surface area contributed by atoms with Crippen molar-refractivity contribution >= 4 is 11.4 Å². The van der Waals surface area contributed by atoms with Crippen molar-refractivity contribution in [1.82, 2.24) is 0 Å². The Balaban J connectivity index is 2.15. The zero-order valence-electron chi connectivity index (χ0n) is 10.6. The third-order valence-electron chi connectivity index (χ3n) is 3.30. The molecule has 1 aromatic carbocycles. The highest BCUT2D eigenvalue weighted by Gasteiger charge is 2.21. The maximum absolute atomic E-state index is 5.87. The Morgan fingerprint density at radius 2 is 2.12 bits per heavy atom. The van der Waals surface area contributed by atoms with Crippen LogP contribution in [0.1, 0.15) is 26.2 Å². The van der Waals surface area contributed by atoms with Crippen LogP contribution in [0.2, 0.25) is 0 Å². The van der Waals surface area contributed by atoms with Gasteiger partial charge in [-0.15, -0.1) is 0 Å². The number of nitrogens with zero attached hydrogens (tertiary/aromatic N) is 1. The van der Waals surface area contributed by atoms with Crippen LogP contribution in [-0.4, -0.2) is 25.8 Å². The van der Waals surface area contributed by atoms with Crippen molar-refractivity contribution in [3.05, 3.63) is 24.3 Å². The van der Waals surface area contributed by atoms with Gasteiger partial charge < -0.3 is 15.4 Å². The summed E-state index contributed by atoms with van der Waals surface area (Å²) in [4.78, 5) is 2.48. The monoisotopic (exact) mass is 234 g/mol. The van der Waals surface area contributed by atoms with Crippen LogP contribution in [0.3, 0.4) is 0 Å².